The summed E-state index contributed by atoms with van der Waals surface area (Å²) in [6, 6.07) is 2.84. The van der Waals surface area contributed by atoms with Crippen molar-refractivity contribution in [2.24, 2.45) is 0 Å². The van der Waals surface area contributed by atoms with Crippen LogP contribution in [-0.4, -0.2) is 47.1 Å². The lowest BCUT2D eigenvalue weighted by molar-refractivity contribution is -0.00282. The maximum absolute atomic E-state index is 2.70. The molecule has 2 heteroatoms. The Morgan fingerprint density at radius 2 is 1.56 bits per heavy atom. The van der Waals surface area contributed by atoms with Gasteiger partial charge in [-0.05, 0) is 41.0 Å². The second kappa shape index (κ2) is 6.02. The predicted molar refractivity (Wildman–Crippen MR) is 71.8 cm³/mol. The molecule has 1 rings (SSSR count). The van der Waals surface area contributed by atoms with E-state index in [9.17, 15) is 0 Å². The van der Waals surface area contributed by atoms with E-state index in [1.54, 1.807) is 0 Å². The van der Waals surface area contributed by atoms with Crippen molar-refractivity contribution in [2.45, 2.75) is 78.6 Å². The van der Waals surface area contributed by atoms with Crippen LogP contribution in [0.3, 0.4) is 0 Å². The number of hydrogen-bond donors (Lipinski definition) is 0. The maximum atomic E-state index is 2.70. The van der Waals surface area contributed by atoms with Crippen LogP contribution in [0, 0.1) is 0 Å². The molecule has 96 valence electrons. The van der Waals surface area contributed by atoms with Gasteiger partial charge in [-0.2, -0.15) is 0 Å². The Bertz CT molecular complexity index is 201. The molecule has 16 heavy (non-hydrogen) atoms. The van der Waals surface area contributed by atoms with E-state index < -0.39 is 0 Å². The van der Waals surface area contributed by atoms with Crippen LogP contribution < -0.4 is 0 Å². The highest BCUT2D eigenvalue weighted by molar-refractivity contribution is 4.89. The van der Waals surface area contributed by atoms with Crippen molar-refractivity contribution in [3.05, 3.63) is 0 Å². The summed E-state index contributed by atoms with van der Waals surface area (Å²) in [4.78, 5) is 5.37. The summed E-state index contributed by atoms with van der Waals surface area (Å²) < 4.78 is 0. The van der Waals surface area contributed by atoms with Gasteiger partial charge in [0.25, 0.3) is 0 Å². The van der Waals surface area contributed by atoms with Gasteiger partial charge in [-0.25, -0.2) is 0 Å². The summed E-state index contributed by atoms with van der Waals surface area (Å²) in [6.45, 7) is 16.5. The molecule has 1 fully saturated rings. The molecule has 0 radical (unpaired) electrons. The van der Waals surface area contributed by atoms with Crippen LogP contribution in [0.4, 0.5) is 0 Å². The zero-order valence-corrected chi connectivity index (χ0v) is 12.0. The fourth-order valence-corrected chi connectivity index (χ4v) is 3.03. The Labute approximate surface area is 102 Å². The van der Waals surface area contributed by atoms with Crippen LogP contribution in [0.1, 0.15) is 54.4 Å². The molecule has 0 aromatic rings. The van der Waals surface area contributed by atoms with E-state index in [4.69, 9.17) is 0 Å². The smallest absolute Gasteiger partial charge is 0.0226 e. The molecule has 2 atom stereocenters. The van der Waals surface area contributed by atoms with Gasteiger partial charge in [0, 0.05) is 37.3 Å². The second-order valence-corrected chi connectivity index (χ2v) is 5.87. The molecule has 0 bridgehead atoms. The van der Waals surface area contributed by atoms with E-state index in [1.807, 2.05) is 0 Å². The number of rotatable bonds is 4. The number of nitrogens with zero attached hydrogens (tertiary/aromatic N) is 2. The molecule has 0 spiro atoms. The molecule has 2 unspecified atom stereocenters. The molecular weight excluding hydrogens is 196 g/mol. The van der Waals surface area contributed by atoms with E-state index in [-0.39, 0.29) is 0 Å². The minimum absolute atomic E-state index is 0.684. The third kappa shape index (κ3) is 3.21. The summed E-state index contributed by atoms with van der Waals surface area (Å²) in [7, 11) is 0. The van der Waals surface area contributed by atoms with E-state index in [0.717, 1.165) is 6.04 Å². The molecule has 0 N–H and O–H groups in total. The van der Waals surface area contributed by atoms with Crippen LogP contribution in [0.2, 0.25) is 0 Å². The van der Waals surface area contributed by atoms with E-state index in [2.05, 4.69) is 51.3 Å². The summed E-state index contributed by atoms with van der Waals surface area (Å²) in [5.41, 5.74) is 0. The SMILES string of the molecule is CCCC1CN(C(C)C)C(C)CN1C(C)C. The van der Waals surface area contributed by atoms with E-state index >= 15 is 0 Å². The van der Waals surface area contributed by atoms with Gasteiger partial charge in [-0.15, -0.1) is 0 Å². The van der Waals surface area contributed by atoms with Gasteiger partial charge in [-0.3, -0.25) is 9.80 Å². The third-order valence-electron chi connectivity index (χ3n) is 3.88. The molecule has 0 aliphatic carbocycles. The fraction of sp³-hybridized carbons (Fsp3) is 1.00. The molecule has 1 heterocycles. The van der Waals surface area contributed by atoms with Crippen molar-refractivity contribution in [3.8, 4) is 0 Å². The molecule has 0 saturated carbocycles. The molecule has 1 aliphatic heterocycles. The highest BCUT2D eigenvalue weighted by atomic mass is 15.3. The van der Waals surface area contributed by atoms with Gasteiger partial charge in [0.05, 0.1) is 0 Å². The molecule has 0 aromatic carbocycles. The Morgan fingerprint density at radius 3 is 2.00 bits per heavy atom. The summed E-state index contributed by atoms with van der Waals surface area (Å²) in [5.74, 6) is 0. The highest BCUT2D eigenvalue weighted by Crippen LogP contribution is 2.22. The summed E-state index contributed by atoms with van der Waals surface area (Å²) in [5, 5.41) is 0. The van der Waals surface area contributed by atoms with Crippen LogP contribution in [0.25, 0.3) is 0 Å². The summed E-state index contributed by atoms with van der Waals surface area (Å²) >= 11 is 0. The van der Waals surface area contributed by atoms with Gasteiger partial charge in [0.2, 0.25) is 0 Å². The lowest BCUT2D eigenvalue weighted by Crippen LogP contribution is -2.60. The normalized spacial score (nSPS) is 29.2. The van der Waals surface area contributed by atoms with E-state index in [0.29, 0.717) is 18.1 Å². The van der Waals surface area contributed by atoms with Crippen molar-refractivity contribution >= 4 is 0 Å². The van der Waals surface area contributed by atoms with Gasteiger partial charge < -0.3 is 0 Å². The number of hydrogen-bond acceptors (Lipinski definition) is 2. The van der Waals surface area contributed by atoms with E-state index in [1.165, 1.54) is 25.9 Å². The standard InChI is InChI=1S/C14H30N2/c1-7-8-14-10-15(11(2)3)13(6)9-16(14)12(4)5/h11-14H,7-10H2,1-6H3. The molecule has 1 saturated heterocycles. The first-order chi connectivity index (χ1) is 7.47. The van der Waals surface area contributed by atoms with Crippen molar-refractivity contribution in [1.29, 1.82) is 0 Å². The first-order valence-electron chi connectivity index (χ1n) is 6.98. The third-order valence-corrected chi connectivity index (χ3v) is 3.88. The fourth-order valence-electron chi connectivity index (χ4n) is 3.03. The van der Waals surface area contributed by atoms with Crippen molar-refractivity contribution < 1.29 is 0 Å². The Balaban J connectivity index is 2.69. The maximum Gasteiger partial charge on any atom is 0.0226 e. The zero-order valence-electron chi connectivity index (χ0n) is 12.0. The van der Waals surface area contributed by atoms with Crippen LogP contribution in [0.5, 0.6) is 0 Å². The van der Waals surface area contributed by atoms with Gasteiger partial charge in [0.1, 0.15) is 0 Å². The molecule has 1 aliphatic rings. The highest BCUT2D eigenvalue weighted by Gasteiger charge is 2.33. The predicted octanol–water partition coefficient (Wildman–Crippen LogP) is 2.98. The quantitative estimate of drug-likeness (QED) is 0.727. The van der Waals surface area contributed by atoms with Crippen LogP contribution in [-0.2, 0) is 0 Å². The minimum Gasteiger partial charge on any atom is -0.295 e. The monoisotopic (exact) mass is 226 g/mol. The Hall–Kier alpha value is -0.0800. The van der Waals surface area contributed by atoms with Crippen LogP contribution >= 0.6 is 0 Å². The zero-order chi connectivity index (χ0) is 12.3. The lowest BCUT2D eigenvalue weighted by Gasteiger charge is -2.48. The van der Waals surface area contributed by atoms with Gasteiger partial charge in [0.15, 0.2) is 0 Å². The molecule has 0 amide bonds. The first-order valence-corrected chi connectivity index (χ1v) is 6.98. The van der Waals surface area contributed by atoms with Crippen LogP contribution in [0.15, 0.2) is 0 Å². The molecule has 0 aromatic heterocycles. The second-order valence-electron chi connectivity index (χ2n) is 5.87. The minimum atomic E-state index is 0.684. The average molecular weight is 226 g/mol. The largest absolute Gasteiger partial charge is 0.295 e. The number of piperazine rings is 1. The van der Waals surface area contributed by atoms with Crippen molar-refractivity contribution in [1.82, 2.24) is 9.80 Å². The molecule has 2 nitrogen and oxygen atoms in total. The topological polar surface area (TPSA) is 6.48 Å². The molecular formula is C14H30N2. The Kier molecular flexibility index (Phi) is 5.26. The lowest BCUT2D eigenvalue weighted by atomic mass is 10.00. The van der Waals surface area contributed by atoms with Gasteiger partial charge >= 0.3 is 0 Å². The van der Waals surface area contributed by atoms with Gasteiger partial charge in [-0.1, -0.05) is 13.3 Å². The average Bonchev–Trinajstić information content (AvgIpc) is 2.19. The summed E-state index contributed by atoms with van der Waals surface area (Å²) in [6.07, 6.45) is 2.64. The first kappa shape index (κ1) is 14.0. The Morgan fingerprint density at radius 1 is 1.00 bits per heavy atom. The van der Waals surface area contributed by atoms with Crippen molar-refractivity contribution in [3.63, 3.8) is 0 Å². The van der Waals surface area contributed by atoms with Crippen molar-refractivity contribution in [2.75, 3.05) is 13.1 Å².